The van der Waals surface area contributed by atoms with Gasteiger partial charge in [0.25, 0.3) is 0 Å². The van der Waals surface area contributed by atoms with Crippen LogP contribution in [0.3, 0.4) is 0 Å². The Hall–Kier alpha value is 0.194. The van der Waals surface area contributed by atoms with Crippen LogP contribution < -0.4 is 0 Å². The molecular formula is C21H48O6Si2. The molecule has 0 fully saturated rings. The summed E-state index contributed by atoms with van der Waals surface area (Å²) in [5, 5.41) is 0. The number of ether oxygens (including phenoxy) is 2. The van der Waals surface area contributed by atoms with E-state index >= 15 is 0 Å². The van der Waals surface area contributed by atoms with Gasteiger partial charge in [-0.15, -0.1) is 0 Å². The molecule has 0 bridgehead atoms. The molecule has 0 aromatic rings. The Balaban J connectivity index is 4.26. The number of rotatable bonds is 20. The lowest BCUT2D eigenvalue weighted by molar-refractivity contribution is -0.110. The van der Waals surface area contributed by atoms with Crippen molar-refractivity contribution < 1.29 is 27.2 Å². The van der Waals surface area contributed by atoms with Gasteiger partial charge in [-0.1, -0.05) is 40.5 Å². The van der Waals surface area contributed by atoms with Gasteiger partial charge in [-0.3, -0.25) is 0 Å². The maximum absolute atomic E-state index is 6.25. The maximum atomic E-state index is 6.25. The molecule has 0 aromatic heterocycles. The molecule has 6 nitrogen and oxygen atoms in total. The average Bonchev–Trinajstić information content (AvgIpc) is 2.68. The van der Waals surface area contributed by atoms with Crippen LogP contribution >= 0.6 is 0 Å². The summed E-state index contributed by atoms with van der Waals surface area (Å²) in [4.78, 5) is 0. The second-order valence-corrected chi connectivity index (χ2v) is 14.5. The summed E-state index contributed by atoms with van der Waals surface area (Å²) in [6.45, 7) is 19.2. The minimum atomic E-state index is -2.15. The predicted molar refractivity (Wildman–Crippen MR) is 124 cm³/mol. The van der Waals surface area contributed by atoms with E-state index in [0.717, 1.165) is 43.4 Å². The van der Waals surface area contributed by atoms with Crippen molar-refractivity contribution in [2.45, 2.75) is 111 Å². The van der Waals surface area contributed by atoms with Crippen LogP contribution in [-0.2, 0) is 27.2 Å². The molecule has 0 spiro atoms. The molecule has 0 radical (unpaired) electrons. The van der Waals surface area contributed by atoms with E-state index in [4.69, 9.17) is 27.2 Å². The van der Waals surface area contributed by atoms with Crippen molar-refractivity contribution in [3.8, 4) is 0 Å². The molecule has 29 heavy (non-hydrogen) atoms. The van der Waals surface area contributed by atoms with Gasteiger partial charge in [0.1, 0.15) is 12.6 Å². The fourth-order valence-electron chi connectivity index (χ4n) is 3.57. The van der Waals surface area contributed by atoms with Crippen molar-refractivity contribution in [1.29, 1.82) is 0 Å². The lowest BCUT2D eigenvalue weighted by Gasteiger charge is -2.32. The molecule has 0 amide bonds. The first-order chi connectivity index (χ1) is 13.9. The third-order valence-electron chi connectivity index (χ3n) is 4.91. The van der Waals surface area contributed by atoms with E-state index in [1.165, 1.54) is 0 Å². The smallest absolute Gasteiger partial charge is 0.339 e. The first-order valence-corrected chi connectivity index (χ1v) is 16.2. The van der Waals surface area contributed by atoms with Gasteiger partial charge >= 0.3 is 17.1 Å². The molecule has 0 saturated carbocycles. The monoisotopic (exact) mass is 452 g/mol. The number of hydrogen-bond acceptors (Lipinski definition) is 6. The van der Waals surface area contributed by atoms with E-state index in [1.807, 2.05) is 27.7 Å². The summed E-state index contributed by atoms with van der Waals surface area (Å²) < 4.78 is 36.3. The zero-order valence-corrected chi connectivity index (χ0v) is 22.4. The molecule has 4 unspecified atom stereocenters. The lowest BCUT2D eigenvalue weighted by atomic mass is 10.5. The summed E-state index contributed by atoms with van der Waals surface area (Å²) in [6.07, 6.45) is 2.43. The van der Waals surface area contributed by atoms with Gasteiger partial charge in [0, 0.05) is 13.2 Å². The summed E-state index contributed by atoms with van der Waals surface area (Å²) in [5.41, 5.74) is 0. The Morgan fingerprint density at radius 1 is 0.621 bits per heavy atom. The van der Waals surface area contributed by atoms with Crippen LogP contribution in [0, 0.1) is 0 Å². The van der Waals surface area contributed by atoms with Crippen molar-refractivity contribution in [3.05, 3.63) is 0 Å². The van der Waals surface area contributed by atoms with E-state index in [-0.39, 0.29) is 12.6 Å². The van der Waals surface area contributed by atoms with Gasteiger partial charge in [0.2, 0.25) is 0 Å². The molecule has 0 aliphatic carbocycles. The zero-order valence-electron chi connectivity index (χ0n) is 20.4. The fraction of sp³-hybridized carbons (Fsp3) is 1.00. The average molecular weight is 453 g/mol. The van der Waals surface area contributed by atoms with Crippen molar-refractivity contribution >= 4 is 17.1 Å². The van der Waals surface area contributed by atoms with E-state index in [9.17, 15) is 0 Å². The van der Waals surface area contributed by atoms with E-state index in [1.54, 1.807) is 0 Å². The summed E-state index contributed by atoms with van der Waals surface area (Å²) >= 11 is 0. The van der Waals surface area contributed by atoms with E-state index < -0.39 is 17.1 Å². The lowest BCUT2D eigenvalue weighted by Crippen LogP contribution is -2.45. The van der Waals surface area contributed by atoms with E-state index in [0.29, 0.717) is 26.4 Å². The van der Waals surface area contributed by atoms with Crippen LogP contribution in [0.5, 0.6) is 0 Å². The highest BCUT2D eigenvalue weighted by Gasteiger charge is 2.37. The van der Waals surface area contributed by atoms with Gasteiger partial charge in [-0.25, -0.2) is 0 Å². The first-order valence-electron chi connectivity index (χ1n) is 11.7. The molecular weight excluding hydrogens is 404 g/mol. The highest BCUT2D eigenvalue weighted by Crippen LogP contribution is 2.24. The summed E-state index contributed by atoms with van der Waals surface area (Å²) in [6, 6.07) is 3.90. The molecule has 0 aliphatic heterocycles. The van der Waals surface area contributed by atoms with Gasteiger partial charge in [-0.2, -0.15) is 0 Å². The minimum Gasteiger partial charge on any atom is -0.394 e. The van der Waals surface area contributed by atoms with E-state index in [2.05, 4.69) is 27.7 Å². The topological polar surface area (TPSA) is 55.4 Å². The summed E-state index contributed by atoms with van der Waals surface area (Å²) in [5.74, 6) is 0. The molecule has 4 atom stereocenters. The van der Waals surface area contributed by atoms with Crippen LogP contribution in [0.4, 0.5) is 0 Å². The van der Waals surface area contributed by atoms with Crippen LogP contribution in [0.25, 0.3) is 0 Å². The highest BCUT2D eigenvalue weighted by molar-refractivity contribution is 6.67. The minimum absolute atomic E-state index is 0.254. The predicted octanol–water partition coefficient (Wildman–Crippen LogP) is 5.95. The molecule has 0 saturated heterocycles. The van der Waals surface area contributed by atoms with Crippen molar-refractivity contribution in [1.82, 2.24) is 0 Å². The van der Waals surface area contributed by atoms with Crippen LogP contribution in [0.15, 0.2) is 0 Å². The van der Waals surface area contributed by atoms with Gasteiger partial charge in [0.05, 0.1) is 13.2 Å². The number of hydrogen-bond donors (Lipinski definition) is 0. The third-order valence-corrected chi connectivity index (χ3v) is 12.7. The first kappa shape index (κ1) is 29.2. The molecule has 0 rings (SSSR count). The van der Waals surface area contributed by atoms with Crippen LogP contribution in [-0.4, -0.2) is 56.1 Å². The van der Waals surface area contributed by atoms with Crippen molar-refractivity contribution in [2.75, 3.05) is 26.4 Å². The molecule has 0 N–H and O–H groups in total. The standard InChI is InChI=1S/C21H48O6Si2/c1-9-18-28(13-5,24-11-3)26-20(7)22-16-15-17-23-21(8)27-29(14-6,19-10-2)25-12-4/h20-21H,9-19H2,1-8H3. The van der Waals surface area contributed by atoms with Gasteiger partial charge in [-0.05, 0) is 58.3 Å². The Morgan fingerprint density at radius 2 is 1.00 bits per heavy atom. The Kier molecular flexibility index (Phi) is 16.9. The zero-order chi connectivity index (χ0) is 22.2. The fourth-order valence-corrected chi connectivity index (χ4v) is 9.60. The van der Waals surface area contributed by atoms with Crippen LogP contribution in [0.1, 0.15) is 74.7 Å². The Labute approximate surface area is 182 Å². The third kappa shape index (κ3) is 12.0. The second-order valence-electron chi connectivity index (χ2n) is 7.36. The van der Waals surface area contributed by atoms with Gasteiger partial charge < -0.3 is 27.2 Å². The SMILES string of the molecule is CCC[Si](CC)(OCC)OC(C)OCCCOC(C)O[Si](CC)(CCC)OCC. The molecule has 0 aromatic carbocycles. The highest BCUT2D eigenvalue weighted by atomic mass is 28.4. The second kappa shape index (κ2) is 16.8. The largest absolute Gasteiger partial charge is 0.394 e. The van der Waals surface area contributed by atoms with Crippen molar-refractivity contribution in [2.24, 2.45) is 0 Å². The Morgan fingerprint density at radius 3 is 1.28 bits per heavy atom. The molecule has 8 heteroatoms. The van der Waals surface area contributed by atoms with Crippen LogP contribution in [0.2, 0.25) is 24.2 Å². The van der Waals surface area contributed by atoms with Gasteiger partial charge in [0.15, 0.2) is 0 Å². The maximum Gasteiger partial charge on any atom is 0.339 e. The molecule has 0 heterocycles. The van der Waals surface area contributed by atoms with Crippen molar-refractivity contribution in [3.63, 3.8) is 0 Å². The normalized spacial score (nSPS) is 18.2. The Bertz CT molecular complexity index is 340. The summed E-state index contributed by atoms with van der Waals surface area (Å²) in [7, 11) is -4.30. The quantitative estimate of drug-likeness (QED) is 0.129. The molecule has 0 aliphatic rings. The molecule has 176 valence electrons.